The van der Waals surface area contributed by atoms with E-state index in [4.69, 9.17) is 18.6 Å². The van der Waals surface area contributed by atoms with Crippen molar-refractivity contribution in [3.8, 4) is 0 Å². The van der Waals surface area contributed by atoms with Crippen LogP contribution in [0.2, 0.25) is 0 Å². The lowest BCUT2D eigenvalue weighted by atomic mass is 10.2. The highest BCUT2D eigenvalue weighted by molar-refractivity contribution is 14.0. The Morgan fingerprint density at radius 3 is 2.50 bits per heavy atom. The van der Waals surface area contributed by atoms with Gasteiger partial charge in [0.15, 0.2) is 5.96 Å². The molecule has 0 unspecified atom stereocenters. The van der Waals surface area contributed by atoms with E-state index in [2.05, 4.69) is 27.8 Å². The molecular formula is C22H34IN3O4. The Morgan fingerprint density at radius 1 is 0.933 bits per heavy atom. The molecule has 0 fully saturated rings. The summed E-state index contributed by atoms with van der Waals surface area (Å²) >= 11 is 0. The SMILES string of the molecule is COCCNC(=NCCCOCCOCc1ccccc1)NCCc1ccco1.I. The normalized spacial score (nSPS) is 11.2. The van der Waals surface area contributed by atoms with E-state index in [9.17, 15) is 0 Å². The monoisotopic (exact) mass is 531 g/mol. The van der Waals surface area contributed by atoms with Crippen LogP contribution in [0.5, 0.6) is 0 Å². The van der Waals surface area contributed by atoms with Crippen LogP contribution in [0.1, 0.15) is 17.7 Å². The zero-order valence-corrected chi connectivity index (χ0v) is 20.0. The number of nitrogens with one attached hydrogen (secondary N) is 2. The van der Waals surface area contributed by atoms with Gasteiger partial charge >= 0.3 is 0 Å². The van der Waals surface area contributed by atoms with Crippen LogP contribution >= 0.6 is 24.0 Å². The molecule has 2 rings (SSSR count). The molecule has 2 aromatic rings. The zero-order valence-electron chi connectivity index (χ0n) is 17.7. The molecule has 168 valence electrons. The maximum absolute atomic E-state index is 5.61. The van der Waals surface area contributed by atoms with Crippen molar-refractivity contribution in [2.45, 2.75) is 19.4 Å². The average Bonchev–Trinajstić information content (AvgIpc) is 3.26. The number of guanidine groups is 1. The number of hydrogen-bond donors (Lipinski definition) is 2. The quantitative estimate of drug-likeness (QED) is 0.159. The van der Waals surface area contributed by atoms with Gasteiger partial charge in [-0.15, -0.1) is 24.0 Å². The summed E-state index contributed by atoms with van der Waals surface area (Å²) in [6.45, 7) is 5.25. The summed E-state index contributed by atoms with van der Waals surface area (Å²) in [6.07, 6.45) is 3.35. The molecule has 0 aliphatic rings. The summed E-state index contributed by atoms with van der Waals surface area (Å²) in [5, 5.41) is 6.57. The van der Waals surface area contributed by atoms with Gasteiger partial charge in [-0.1, -0.05) is 30.3 Å². The molecule has 0 amide bonds. The number of hydrogen-bond acceptors (Lipinski definition) is 5. The molecule has 7 nitrogen and oxygen atoms in total. The molecule has 0 bridgehead atoms. The zero-order chi connectivity index (χ0) is 20.4. The second-order valence-corrected chi connectivity index (χ2v) is 6.41. The van der Waals surface area contributed by atoms with Gasteiger partial charge in [0.25, 0.3) is 0 Å². The van der Waals surface area contributed by atoms with Gasteiger partial charge in [0.1, 0.15) is 5.76 Å². The minimum Gasteiger partial charge on any atom is -0.469 e. The molecule has 1 aromatic carbocycles. The fraction of sp³-hybridized carbons (Fsp3) is 0.500. The summed E-state index contributed by atoms with van der Waals surface area (Å²) < 4.78 is 21.6. The van der Waals surface area contributed by atoms with Crippen molar-refractivity contribution in [1.29, 1.82) is 0 Å². The van der Waals surface area contributed by atoms with Crippen molar-refractivity contribution in [2.24, 2.45) is 4.99 Å². The van der Waals surface area contributed by atoms with E-state index in [1.807, 2.05) is 30.3 Å². The highest BCUT2D eigenvalue weighted by atomic mass is 127. The first-order valence-electron chi connectivity index (χ1n) is 10.1. The van der Waals surface area contributed by atoms with Crippen LogP contribution in [-0.2, 0) is 27.2 Å². The van der Waals surface area contributed by atoms with Gasteiger partial charge < -0.3 is 29.3 Å². The molecule has 8 heteroatoms. The molecule has 0 saturated carbocycles. The van der Waals surface area contributed by atoms with Crippen molar-refractivity contribution in [1.82, 2.24) is 10.6 Å². The maximum Gasteiger partial charge on any atom is 0.191 e. The third-order valence-corrected chi connectivity index (χ3v) is 4.04. The Balaban J connectivity index is 0.00000450. The summed E-state index contributed by atoms with van der Waals surface area (Å²) in [4.78, 5) is 4.59. The Bertz CT molecular complexity index is 654. The molecule has 0 aliphatic heterocycles. The number of benzene rings is 1. The van der Waals surface area contributed by atoms with E-state index in [0.717, 1.165) is 31.1 Å². The molecule has 1 heterocycles. The van der Waals surface area contributed by atoms with Gasteiger partial charge in [0.05, 0.1) is 32.7 Å². The molecule has 0 radical (unpaired) electrons. The van der Waals surface area contributed by atoms with Gasteiger partial charge in [0.2, 0.25) is 0 Å². The van der Waals surface area contributed by atoms with Crippen LogP contribution in [0.25, 0.3) is 0 Å². The van der Waals surface area contributed by atoms with Gasteiger partial charge in [-0.2, -0.15) is 0 Å². The van der Waals surface area contributed by atoms with Crippen LogP contribution in [0, 0.1) is 0 Å². The summed E-state index contributed by atoms with van der Waals surface area (Å²) in [5.41, 5.74) is 1.18. The van der Waals surface area contributed by atoms with Crippen LogP contribution in [-0.4, -0.2) is 59.1 Å². The first-order chi connectivity index (χ1) is 14.4. The number of ether oxygens (including phenoxy) is 3. The third-order valence-electron chi connectivity index (χ3n) is 4.04. The second kappa shape index (κ2) is 18.2. The highest BCUT2D eigenvalue weighted by Gasteiger charge is 2.00. The van der Waals surface area contributed by atoms with E-state index in [-0.39, 0.29) is 24.0 Å². The predicted octanol–water partition coefficient (Wildman–Crippen LogP) is 3.25. The van der Waals surface area contributed by atoms with Crippen molar-refractivity contribution in [2.75, 3.05) is 53.2 Å². The molecule has 0 atom stereocenters. The average molecular weight is 531 g/mol. The van der Waals surface area contributed by atoms with E-state index in [0.29, 0.717) is 46.1 Å². The minimum atomic E-state index is 0. The number of methoxy groups -OCH3 is 1. The number of furan rings is 1. The summed E-state index contributed by atoms with van der Waals surface area (Å²) in [5.74, 6) is 1.73. The minimum absolute atomic E-state index is 0. The van der Waals surface area contributed by atoms with Crippen LogP contribution < -0.4 is 10.6 Å². The van der Waals surface area contributed by atoms with Gasteiger partial charge in [-0.25, -0.2) is 0 Å². The van der Waals surface area contributed by atoms with E-state index < -0.39 is 0 Å². The van der Waals surface area contributed by atoms with E-state index in [1.54, 1.807) is 13.4 Å². The number of halogens is 1. The molecule has 0 spiro atoms. The van der Waals surface area contributed by atoms with Gasteiger partial charge in [-0.3, -0.25) is 4.99 Å². The van der Waals surface area contributed by atoms with Crippen molar-refractivity contribution in [3.63, 3.8) is 0 Å². The lowest BCUT2D eigenvalue weighted by molar-refractivity contribution is 0.0403. The predicted molar refractivity (Wildman–Crippen MR) is 130 cm³/mol. The fourth-order valence-electron chi connectivity index (χ4n) is 2.55. The Kier molecular flexibility index (Phi) is 16.0. The standard InChI is InChI=1S/C22H33N3O4.HI/c1-26-16-13-25-22(24-12-10-21-9-5-15-29-21)23-11-6-14-27-17-18-28-19-20-7-3-2-4-8-20;/h2-5,7-9,15H,6,10-14,16-19H2,1H3,(H2,23,24,25);1H. The molecule has 0 aliphatic carbocycles. The topological polar surface area (TPSA) is 77.2 Å². The number of nitrogens with zero attached hydrogens (tertiary/aromatic N) is 1. The lowest BCUT2D eigenvalue weighted by Crippen LogP contribution is -2.40. The molecule has 2 N–H and O–H groups in total. The van der Waals surface area contributed by atoms with Crippen molar-refractivity contribution in [3.05, 3.63) is 60.1 Å². The summed E-state index contributed by atoms with van der Waals surface area (Å²) in [7, 11) is 1.68. The number of aliphatic imine (C=N–C) groups is 1. The van der Waals surface area contributed by atoms with E-state index >= 15 is 0 Å². The molecule has 1 aromatic heterocycles. The highest BCUT2D eigenvalue weighted by Crippen LogP contribution is 2.00. The Hall–Kier alpha value is -1.62. The van der Waals surface area contributed by atoms with E-state index in [1.165, 1.54) is 5.56 Å². The second-order valence-electron chi connectivity index (χ2n) is 6.41. The van der Waals surface area contributed by atoms with Crippen molar-refractivity contribution < 1.29 is 18.6 Å². The van der Waals surface area contributed by atoms with Gasteiger partial charge in [0, 0.05) is 39.8 Å². The Morgan fingerprint density at radius 2 is 1.73 bits per heavy atom. The number of rotatable bonds is 15. The maximum atomic E-state index is 5.61. The van der Waals surface area contributed by atoms with Crippen LogP contribution in [0.3, 0.4) is 0 Å². The summed E-state index contributed by atoms with van der Waals surface area (Å²) in [6, 6.07) is 14.0. The fourth-order valence-corrected chi connectivity index (χ4v) is 2.55. The molecule has 30 heavy (non-hydrogen) atoms. The molecule has 0 saturated heterocycles. The van der Waals surface area contributed by atoms with Gasteiger partial charge in [-0.05, 0) is 24.1 Å². The van der Waals surface area contributed by atoms with Crippen LogP contribution in [0.15, 0.2) is 58.1 Å². The first kappa shape index (κ1) is 26.4. The lowest BCUT2D eigenvalue weighted by Gasteiger charge is -2.12. The smallest absolute Gasteiger partial charge is 0.191 e. The van der Waals surface area contributed by atoms with Crippen molar-refractivity contribution >= 4 is 29.9 Å². The largest absolute Gasteiger partial charge is 0.469 e. The molecular weight excluding hydrogens is 497 g/mol. The van der Waals surface area contributed by atoms with Crippen LogP contribution in [0.4, 0.5) is 0 Å². The third kappa shape index (κ3) is 12.8. The first-order valence-corrected chi connectivity index (χ1v) is 10.1. The Labute approximate surface area is 196 Å².